The van der Waals surface area contributed by atoms with Crippen molar-refractivity contribution in [1.82, 2.24) is 14.9 Å². The van der Waals surface area contributed by atoms with E-state index in [9.17, 15) is 0 Å². The van der Waals surface area contributed by atoms with Gasteiger partial charge in [-0.25, -0.2) is 4.98 Å². The van der Waals surface area contributed by atoms with Crippen LogP contribution < -0.4 is 5.32 Å². The fourth-order valence-corrected chi connectivity index (χ4v) is 3.10. The van der Waals surface area contributed by atoms with Crippen LogP contribution >= 0.6 is 0 Å². The van der Waals surface area contributed by atoms with Crippen molar-refractivity contribution in [3.8, 4) is 0 Å². The lowest BCUT2D eigenvalue weighted by Crippen LogP contribution is -2.22. The molecule has 0 atom stereocenters. The standard InChI is InChI=1S/C17H29N3/c1-4-18-11-16(15-8-6-5-7-9-15)10-17-12-19-13-20(17)14(2)3/h10,12-15,18H,4-9,11H2,1-3H3. The molecule has 1 fully saturated rings. The van der Waals surface area contributed by atoms with Gasteiger partial charge in [0.2, 0.25) is 0 Å². The summed E-state index contributed by atoms with van der Waals surface area (Å²) in [4.78, 5) is 4.32. The predicted molar refractivity (Wildman–Crippen MR) is 85.7 cm³/mol. The Hall–Kier alpha value is -1.09. The molecule has 3 nitrogen and oxygen atoms in total. The summed E-state index contributed by atoms with van der Waals surface area (Å²) in [5, 5.41) is 3.51. The first kappa shape index (κ1) is 15.3. The highest BCUT2D eigenvalue weighted by atomic mass is 15.1. The van der Waals surface area contributed by atoms with E-state index in [2.05, 4.69) is 41.7 Å². The molecular weight excluding hydrogens is 246 g/mol. The van der Waals surface area contributed by atoms with Crippen molar-refractivity contribution in [2.75, 3.05) is 13.1 Å². The van der Waals surface area contributed by atoms with E-state index in [4.69, 9.17) is 0 Å². The maximum atomic E-state index is 4.32. The first-order chi connectivity index (χ1) is 9.72. The summed E-state index contributed by atoms with van der Waals surface area (Å²) < 4.78 is 2.26. The highest BCUT2D eigenvalue weighted by molar-refractivity contribution is 5.50. The van der Waals surface area contributed by atoms with E-state index < -0.39 is 0 Å². The molecule has 0 aliphatic heterocycles. The normalized spacial score (nSPS) is 17.9. The van der Waals surface area contributed by atoms with Crippen LogP contribution in [0.3, 0.4) is 0 Å². The summed E-state index contributed by atoms with van der Waals surface area (Å²) in [6.45, 7) is 8.65. The van der Waals surface area contributed by atoms with E-state index in [1.54, 1.807) is 5.57 Å². The van der Waals surface area contributed by atoms with Crippen LogP contribution in [-0.4, -0.2) is 22.6 Å². The predicted octanol–water partition coefficient (Wildman–Crippen LogP) is 4.04. The second-order valence-electron chi connectivity index (χ2n) is 6.15. The average Bonchev–Trinajstić information content (AvgIpc) is 2.92. The highest BCUT2D eigenvalue weighted by Gasteiger charge is 2.18. The number of nitrogens with one attached hydrogen (secondary N) is 1. The van der Waals surface area contributed by atoms with Crippen LogP contribution in [0.1, 0.15) is 64.6 Å². The third kappa shape index (κ3) is 3.95. The molecule has 0 saturated heterocycles. The minimum Gasteiger partial charge on any atom is -0.329 e. The fourth-order valence-electron chi connectivity index (χ4n) is 3.10. The van der Waals surface area contributed by atoms with Crippen molar-refractivity contribution >= 4 is 6.08 Å². The molecule has 0 spiro atoms. The van der Waals surface area contributed by atoms with Crippen LogP contribution in [0, 0.1) is 5.92 Å². The Balaban J connectivity index is 2.19. The maximum Gasteiger partial charge on any atom is 0.0953 e. The van der Waals surface area contributed by atoms with Gasteiger partial charge >= 0.3 is 0 Å². The number of nitrogens with zero attached hydrogens (tertiary/aromatic N) is 2. The molecule has 1 aromatic heterocycles. The summed E-state index contributed by atoms with van der Waals surface area (Å²) in [7, 11) is 0. The summed E-state index contributed by atoms with van der Waals surface area (Å²) >= 11 is 0. The van der Waals surface area contributed by atoms with Crippen LogP contribution in [0.15, 0.2) is 18.1 Å². The third-order valence-corrected chi connectivity index (χ3v) is 4.29. The zero-order valence-electron chi connectivity index (χ0n) is 13.2. The van der Waals surface area contributed by atoms with Crippen LogP contribution in [0.2, 0.25) is 0 Å². The number of likely N-dealkylation sites (N-methyl/N-ethyl adjacent to an activating group) is 1. The molecule has 20 heavy (non-hydrogen) atoms. The molecule has 2 rings (SSSR count). The molecule has 1 heterocycles. The van der Waals surface area contributed by atoms with Crippen molar-refractivity contribution in [2.24, 2.45) is 5.92 Å². The minimum absolute atomic E-state index is 0.468. The Morgan fingerprint density at radius 3 is 2.80 bits per heavy atom. The molecular formula is C17H29N3. The summed E-state index contributed by atoms with van der Waals surface area (Å²) in [5.41, 5.74) is 2.81. The smallest absolute Gasteiger partial charge is 0.0953 e. The first-order valence-electron chi connectivity index (χ1n) is 8.15. The van der Waals surface area contributed by atoms with Crippen molar-refractivity contribution < 1.29 is 0 Å². The van der Waals surface area contributed by atoms with Gasteiger partial charge in [0.25, 0.3) is 0 Å². The number of aromatic nitrogens is 2. The van der Waals surface area contributed by atoms with E-state index >= 15 is 0 Å². The van der Waals surface area contributed by atoms with E-state index in [1.807, 2.05) is 12.5 Å². The molecule has 1 aliphatic carbocycles. The van der Waals surface area contributed by atoms with Crippen LogP contribution in [-0.2, 0) is 0 Å². The van der Waals surface area contributed by atoms with Crippen molar-refractivity contribution in [1.29, 1.82) is 0 Å². The van der Waals surface area contributed by atoms with Crippen molar-refractivity contribution in [2.45, 2.75) is 58.9 Å². The van der Waals surface area contributed by atoms with Gasteiger partial charge in [0.05, 0.1) is 18.2 Å². The van der Waals surface area contributed by atoms with Crippen LogP contribution in [0.4, 0.5) is 0 Å². The second-order valence-corrected chi connectivity index (χ2v) is 6.15. The molecule has 0 aromatic carbocycles. The van der Waals surface area contributed by atoms with E-state index in [0.29, 0.717) is 6.04 Å². The zero-order chi connectivity index (χ0) is 14.4. The molecule has 1 N–H and O–H groups in total. The van der Waals surface area contributed by atoms with Crippen molar-refractivity contribution in [3.63, 3.8) is 0 Å². The first-order valence-corrected chi connectivity index (χ1v) is 8.15. The maximum absolute atomic E-state index is 4.32. The number of hydrogen-bond acceptors (Lipinski definition) is 2. The number of hydrogen-bond donors (Lipinski definition) is 1. The summed E-state index contributed by atoms with van der Waals surface area (Å²) in [6, 6.07) is 0.468. The lowest BCUT2D eigenvalue weighted by Gasteiger charge is -2.25. The van der Waals surface area contributed by atoms with Gasteiger partial charge in [0.1, 0.15) is 0 Å². The third-order valence-electron chi connectivity index (χ3n) is 4.29. The molecule has 1 aromatic rings. The Morgan fingerprint density at radius 1 is 1.40 bits per heavy atom. The van der Waals surface area contributed by atoms with Gasteiger partial charge in [-0.05, 0) is 45.2 Å². The molecule has 1 aliphatic rings. The molecule has 0 unspecified atom stereocenters. The van der Waals surface area contributed by atoms with Gasteiger partial charge in [-0.15, -0.1) is 0 Å². The van der Waals surface area contributed by atoms with E-state index in [0.717, 1.165) is 19.0 Å². The largest absolute Gasteiger partial charge is 0.329 e. The lowest BCUT2D eigenvalue weighted by molar-refractivity contribution is 0.397. The van der Waals surface area contributed by atoms with Crippen molar-refractivity contribution in [3.05, 3.63) is 23.8 Å². The molecule has 0 amide bonds. The van der Waals surface area contributed by atoms with Gasteiger partial charge in [-0.1, -0.05) is 31.8 Å². The van der Waals surface area contributed by atoms with Gasteiger partial charge in [0, 0.05) is 12.6 Å². The van der Waals surface area contributed by atoms with Gasteiger partial charge in [-0.2, -0.15) is 0 Å². The highest BCUT2D eigenvalue weighted by Crippen LogP contribution is 2.30. The Labute approximate surface area is 123 Å². The topological polar surface area (TPSA) is 29.9 Å². The molecule has 0 bridgehead atoms. The zero-order valence-corrected chi connectivity index (χ0v) is 13.2. The lowest BCUT2D eigenvalue weighted by atomic mass is 9.83. The molecule has 1 saturated carbocycles. The monoisotopic (exact) mass is 275 g/mol. The van der Waals surface area contributed by atoms with Crippen LogP contribution in [0.25, 0.3) is 6.08 Å². The molecule has 3 heteroatoms. The number of imidazole rings is 1. The Morgan fingerprint density at radius 2 is 2.15 bits per heavy atom. The van der Waals surface area contributed by atoms with Gasteiger partial charge in [0.15, 0.2) is 0 Å². The van der Waals surface area contributed by atoms with E-state index in [-0.39, 0.29) is 0 Å². The SMILES string of the molecule is CCNCC(=Cc1cncn1C(C)C)C1CCCCC1. The summed E-state index contributed by atoms with van der Waals surface area (Å²) in [6.07, 6.45) is 13.2. The average molecular weight is 275 g/mol. The quantitative estimate of drug-likeness (QED) is 0.849. The fraction of sp³-hybridized carbons (Fsp3) is 0.706. The Kier molecular flexibility index (Phi) is 5.84. The Bertz CT molecular complexity index is 425. The van der Waals surface area contributed by atoms with E-state index in [1.165, 1.54) is 37.8 Å². The molecule has 112 valence electrons. The summed E-state index contributed by atoms with van der Waals surface area (Å²) in [5.74, 6) is 0.762. The van der Waals surface area contributed by atoms with Crippen LogP contribution in [0.5, 0.6) is 0 Å². The molecule has 0 radical (unpaired) electrons. The van der Waals surface area contributed by atoms with Gasteiger partial charge in [-0.3, -0.25) is 0 Å². The number of rotatable bonds is 6. The van der Waals surface area contributed by atoms with Gasteiger partial charge < -0.3 is 9.88 Å². The minimum atomic E-state index is 0.468. The second kappa shape index (κ2) is 7.63.